The average molecular weight is 277 g/mol. The third-order valence-electron chi connectivity index (χ3n) is 2.55. The molecule has 0 bridgehead atoms. The number of sulfonamides is 1. The summed E-state index contributed by atoms with van der Waals surface area (Å²) in [5, 5.41) is 10.6. The summed E-state index contributed by atoms with van der Waals surface area (Å²) in [6.07, 6.45) is 2.98. The van der Waals surface area contributed by atoms with Gasteiger partial charge < -0.3 is 5.11 Å². The number of rotatable bonds is 7. The van der Waals surface area contributed by atoms with Crippen molar-refractivity contribution in [1.29, 1.82) is 0 Å². The van der Waals surface area contributed by atoms with E-state index in [0.29, 0.717) is 16.3 Å². The van der Waals surface area contributed by atoms with Crippen LogP contribution in [0.15, 0.2) is 15.7 Å². The molecule has 0 fully saturated rings. The molecule has 0 aliphatic rings. The van der Waals surface area contributed by atoms with E-state index in [9.17, 15) is 8.42 Å². The third-order valence-corrected chi connectivity index (χ3v) is 5.87. The standard InChI is InChI=1S/C11H19NO3S2/c1-3-4-5-6-12(2)17(14,15)11-7-10(8-13)9-16-11/h7,9,13H,3-6,8H2,1-2H3. The minimum absolute atomic E-state index is 0.119. The van der Waals surface area contributed by atoms with Gasteiger partial charge in [0.2, 0.25) is 0 Å². The minimum atomic E-state index is -3.37. The molecule has 0 spiro atoms. The van der Waals surface area contributed by atoms with Gasteiger partial charge in [0.25, 0.3) is 10.0 Å². The second kappa shape index (κ2) is 6.49. The molecule has 0 aliphatic carbocycles. The Balaban J connectivity index is 2.73. The molecule has 1 rings (SSSR count). The van der Waals surface area contributed by atoms with Crippen LogP contribution < -0.4 is 0 Å². The Morgan fingerprint density at radius 2 is 2.12 bits per heavy atom. The highest BCUT2D eigenvalue weighted by Crippen LogP contribution is 2.23. The van der Waals surface area contributed by atoms with Gasteiger partial charge in [-0.15, -0.1) is 11.3 Å². The molecule has 1 aromatic rings. The maximum Gasteiger partial charge on any atom is 0.252 e. The van der Waals surface area contributed by atoms with Crippen LogP contribution >= 0.6 is 11.3 Å². The molecule has 0 unspecified atom stereocenters. The fourth-order valence-corrected chi connectivity index (χ4v) is 4.05. The van der Waals surface area contributed by atoms with E-state index in [4.69, 9.17) is 5.11 Å². The van der Waals surface area contributed by atoms with Gasteiger partial charge in [-0.1, -0.05) is 19.8 Å². The lowest BCUT2D eigenvalue weighted by Crippen LogP contribution is -2.27. The first kappa shape index (κ1) is 14.6. The number of unbranched alkanes of at least 4 members (excludes halogenated alkanes) is 2. The second-order valence-corrected chi connectivity index (χ2v) is 7.15. The van der Waals surface area contributed by atoms with Crippen molar-refractivity contribution in [2.75, 3.05) is 13.6 Å². The number of thiophene rings is 1. The van der Waals surface area contributed by atoms with Gasteiger partial charge in [0.1, 0.15) is 4.21 Å². The van der Waals surface area contributed by atoms with Gasteiger partial charge >= 0.3 is 0 Å². The zero-order valence-corrected chi connectivity index (χ0v) is 11.9. The first-order valence-corrected chi connectivity index (χ1v) is 7.99. The van der Waals surface area contributed by atoms with E-state index in [2.05, 4.69) is 6.92 Å². The van der Waals surface area contributed by atoms with Crippen molar-refractivity contribution in [1.82, 2.24) is 4.31 Å². The van der Waals surface area contributed by atoms with E-state index >= 15 is 0 Å². The van der Waals surface area contributed by atoms with Crippen molar-refractivity contribution >= 4 is 21.4 Å². The van der Waals surface area contributed by atoms with E-state index < -0.39 is 10.0 Å². The largest absolute Gasteiger partial charge is 0.392 e. The first-order chi connectivity index (χ1) is 8.02. The lowest BCUT2D eigenvalue weighted by Gasteiger charge is -2.15. The highest BCUT2D eigenvalue weighted by molar-refractivity contribution is 7.91. The quantitative estimate of drug-likeness (QED) is 0.776. The Morgan fingerprint density at radius 3 is 2.65 bits per heavy atom. The SMILES string of the molecule is CCCCCN(C)S(=O)(=O)c1cc(CO)cs1. The fourth-order valence-electron chi connectivity index (χ4n) is 1.43. The summed E-state index contributed by atoms with van der Waals surface area (Å²) in [5.74, 6) is 0. The summed E-state index contributed by atoms with van der Waals surface area (Å²) in [6.45, 7) is 2.51. The van der Waals surface area contributed by atoms with Gasteiger partial charge in [0.05, 0.1) is 6.61 Å². The van der Waals surface area contributed by atoms with Gasteiger partial charge in [-0.05, 0) is 23.4 Å². The maximum absolute atomic E-state index is 12.1. The zero-order chi connectivity index (χ0) is 12.9. The minimum Gasteiger partial charge on any atom is -0.392 e. The molecule has 0 radical (unpaired) electrons. The third kappa shape index (κ3) is 3.77. The molecule has 6 heteroatoms. The van der Waals surface area contributed by atoms with Crippen molar-refractivity contribution in [2.24, 2.45) is 0 Å². The van der Waals surface area contributed by atoms with Crippen LogP contribution in [0, 0.1) is 0 Å². The molecule has 17 heavy (non-hydrogen) atoms. The van der Waals surface area contributed by atoms with Crippen molar-refractivity contribution in [3.05, 3.63) is 17.0 Å². The molecule has 1 aromatic heterocycles. The molecule has 0 amide bonds. The highest BCUT2D eigenvalue weighted by atomic mass is 32.2. The molecule has 0 aliphatic heterocycles. The van der Waals surface area contributed by atoms with Crippen LogP contribution in [-0.4, -0.2) is 31.4 Å². The van der Waals surface area contributed by atoms with Crippen LogP contribution in [0.3, 0.4) is 0 Å². The monoisotopic (exact) mass is 277 g/mol. The lowest BCUT2D eigenvalue weighted by molar-refractivity contribution is 0.282. The van der Waals surface area contributed by atoms with Gasteiger partial charge in [0.15, 0.2) is 0 Å². The predicted molar refractivity (Wildman–Crippen MR) is 69.6 cm³/mol. The number of aliphatic hydroxyl groups is 1. The van der Waals surface area contributed by atoms with Crippen LogP contribution in [0.5, 0.6) is 0 Å². The van der Waals surface area contributed by atoms with E-state index in [1.54, 1.807) is 12.4 Å². The van der Waals surface area contributed by atoms with Gasteiger partial charge in [-0.3, -0.25) is 0 Å². The van der Waals surface area contributed by atoms with Crippen LogP contribution in [0.25, 0.3) is 0 Å². The van der Waals surface area contributed by atoms with Gasteiger partial charge in [-0.25, -0.2) is 12.7 Å². The summed E-state index contributed by atoms with van der Waals surface area (Å²) in [4.78, 5) is 0. The molecular formula is C11H19NO3S2. The van der Waals surface area contributed by atoms with E-state index in [1.165, 1.54) is 10.4 Å². The summed E-state index contributed by atoms with van der Waals surface area (Å²) >= 11 is 1.16. The molecular weight excluding hydrogens is 258 g/mol. The molecule has 98 valence electrons. The van der Waals surface area contributed by atoms with E-state index in [1.807, 2.05) is 0 Å². The molecule has 1 N–H and O–H groups in total. The number of aliphatic hydroxyl groups excluding tert-OH is 1. The van der Waals surface area contributed by atoms with Crippen LogP contribution in [-0.2, 0) is 16.6 Å². The Morgan fingerprint density at radius 1 is 1.41 bits per heavy atom. The number of hydrogen-bond acceptors (Lipinski definition) is 4. The van der Waals surface area contributed by atoms with Crippen LogP contribution in [0.4, 0.5) is 0 Å². The Bertz CT molecular complexity index is 439. The Labute approximate surface area is 107 Å². The topological polar surface area (TPSA) is 57.6 Å². The molecule has 0 saturated heterocycles. The molecule has 0 aromatic carbocycles. The van der Waals surface area contributed by atoms with Crippen LogP contribution in [0.1, 0.15) is 31.7 Å². The van der Waals surface area contributed by atoms with Crippen LogP contribution in [0.2, 0.25) is 0 Å². The normalized spacial score (nSPS) is 12.2. The molecule has 0 atom stereocenters. The highest BCUT2D eigenvalue weighted by Gasteiger charge is 2.22. The van der Waals surface area contributed by atoms with Crippen molar-refractivity contribution < 1.29 is 13.5 Å². The second-order valence-electron chi connectivity index (χ2n) is 3.97. The Kier molecular flexibility index (Phi) is 5.58. The number of hydrogen-bond donors (Lipinski definition) is 1. The molecule has 0 saturated carbocycles. The van der Waals surface area contributed by atoms with Gasteiger partial charge in [0, 0.05) is 13.6 Å². The maximum atomic E-state index is 12.1. The smallest absolute Gasteiger partial charge is 0.252 e. The molecule has 1 heterocycles. The van der Waals surface area contributed by atoms with Crippen molar-refractivity contribution in [2.45, 2.75) is 37.0 Å². The van der Waals surface area contributed by atoms with E-state index in [0.717, 1.165) is 30.6 Å². The van der Waals surface area contributed by atoms with Crippen molar-refractivity contribution in [3.8, 4) is 0 Å². The zero-order valence-electron chi connectivity index (χ0n) is 10.2. The summed E-state index contributed by atoms with van der Waals surface area (Å²) < 4.78 is 25.9. The van der Waals surface area contributed by atoms with Crippen molar-refractivity contribution in [3.63, 3.8) is 0 Å². The Hall–Kier alpha value is -0.430. The summed E-state index contributed by atoms with van der Waals surface area (Å²) in [5.41, 5.74) is 0.649. The summed E-state index contributed by atoms with van der Waals surface area (Å²) in [7, 11) is -1.77. The average Bonchev–Trinajstić information content (AvgIpc) is 2.78. The predicted octanol–water partition coefficient (Wildman–Crippen LogP) is 2.05. The number of nitrogens with zero attached hydrogens (tertiary/aromatic N) is 1. The molecule has 4 nitrogen and oxygen atoms in total. The van der Waals surface area contributed by atoms with Gasteiger partial charge in [-0.2, -0.15) is 0 Å². The van der Waals surface area contributed by atoms with E-state index in [-0.39, 0.29) is 6.61 Å². The fraction of sp³-hybridized carbons (Fsp3) is 0.636. The lowest BCUT2D eigenvalue weighted by atomic mass is 10.2. The summed E-state index contributed by atoms with van der Waals surface area (Å²) in [6, 6.07) is 1.54. The first-order valence-electron chi connectivity index (χ1n) is 5.67.